The van der Waals surface area contributed by atoms with Gasteiger partial charge in [0, 0.05) is 6.20 Å². The molecule has 0 radical (unpaired) electrons. The zero-order valence-electron chi connectivity index (χ0n) is 11.5. The van der Waals surface area contributed by atoms with Gasteiger partial charge in [-0.15, -0.1) is 0 Å². The molecule has 0 bridgehead atoms. The third-order valence-corrected chi connectivity index (χ3v) is 2.67. The van der Waals surface area contributed by atoms with Crippen molar-refractivity contribution in [2.75, 3.05) is 12.0 Å². The number of nitrogens with zero attached hydrogens (tertiary/aromatic N) is 1. The van der Waals surface area contributed by atoms with E-state index in [0.29, 0.717) is 6.61 Å². The molecule has 0 saturated heterocycles. The second-order valence-electron chi connectivity index (χ2n) is 4.29. The van der Waals surface area contributed by atoms with Crippen molar-refractivity contribution in [3.05, 3.63) is 48.3 Å². The first-order valence-corrected chi connectivity index (χ1v) is 6.59. The van der Waals surface area contributed by atoms with Crippen molar-refractivity contribution in [2.24, 2.45) is 5.84 Å². The van der Waals surface area contributed by atoms with E-state index in [2.05, 4.69) is 17.3 Å². The molecule has 2 aromatic rings. The molecular weight excluding hydrogens is 254 g/mol. The first kappa shape index (κ1) is 14.1. The molecule has 106 valence electrons. The van der Waals surface area contributed by atoms with E-state index in [-0.39, 0.29) is 0 Å². The summed E-state index contributed by atoms with van der Waals surface area (Å²) in [4.78, 5) is 4.22. The van der Waals surface area contributed by atoms with E-state index >= 15 is 0 Å². The van der Waals surface area contributed by atoms with Crippen LogP contribution < -0.4 is 20.7 Å². The number of anilines is 1. The molecule has 0 saturated carbocycles. The van der Waals surface area contributed by atoms with E-state index in [0.717, 1.165) is 35.9 Å². The Hall–Kier alpha value is -2.27. The summed E-state index contributed by atoms with van der Waals surface area (Å²) in [6.07, 6.45) is 2.69. The first-order valence-electron chi connectivity index (χ1n) is 6.59. The lowest BCUT2D eigenvalue weighted by atomic mass is 10.3. The van der Waals surface area contributed by atoms with Gasteiger partial charge in [-0.3, -0.25) is 10.8 Å². The number of hydrogen-bond acceptors (Lipinski definition) is 5. The molecule has 0 spiro atoms. The SMILES string of the molecule is CCCOc1ccc(OCc2cc(NN)ccn2)cc1. The van der Waals surface area contributed by atoms with Gasteiger partial charge in [0.2, 0.25) is 0 Å². The van der Waals surface area contributed by atoms with Crippen LogP contribution in [0.4, 0.5) is 5.69 Å². The van der Waals surface area contributed by atoms with Crippen LogP contribution >= 0.6 is 0 Å². The summed E-state index contributed by atoms with van der Waals surface area (Å²) in [5, 5.41) is 0. The second kappa shape index (κ2) is 7.35. The lowest BCUT2D eigenvalue weighted by Crippen LogP contribution is -2.08. The Balaban J connectivity index is 1.89. The molecule has 0 aliphatic heterocycles. The first-order chi connectivity index (χ1) is 9.81. The summed E-state index contributed by atoms with van der Waals surface area (Å²) in [6.45, 7) is 3.20. The van der Waals surface area contributed by atoms with Gasteiger partial charge < -0.3 is 14.9 Å². The minimum atomic E-state index is 0.394. The molecule has 5 heteroatoms. The van der Waals surface area contributed by atoms with Crippen LogP contribution in [-0.2, 0) is 6.61 Å². The third kappa shape index (κ3) is 4.13. The number of nitrogens with one attached hydrogen (secondary N) is 1. The zero-order chi connectivity index (χ0) is 14.2. The van der Waals surface area contributed by atoms with Crippen LogP contribution in [0.25, 0.3) is 0 Å². The van der Waals surface area contributed by atoms with Crippen molar-refractivity contribution in [3.8, 4) is 11.5 Å². The minimum absolute atomic E-state index is 0.394. The van der Waals surface area contributed by atoms with Crippen LogP contribution in [0, 0.1) is 0 Å². The molecule has 2 rings (SSSR count). The molecule has 0 aliphatic carbocycles. The zero-order valence-corrected chi connectivity index (χ0v) is 11.5. The number of benzene rings is 1. The van der Waals surface area contributed by atoms with Gasteiger partial charge >= 0.3 is 0 Å². The van der Waals surface area contributed by atoms with E-state index < -0.39 is 0 Å². The fourth-order valence-corrected chi connectivity index (χ4v) is 1.66. The Morgan fingerprint density at radius 3 is 2.45 bits per heavy atom. The molecule has 0 amide bonds. The molecule has 0 aliphatic rings. The van der Waals surface area contributed by atoms with Crippen molar-refractivity contribution in [3.63, 3.8) is 0 Å². The number of ether oxygens (including phenoxy) is 2. The van der Waals surface area contributed by atoms with Crippen molar-refractivity contribution >= 4 is 5.69 Å². The fourth-order valence-electron chi connectivity index (χ4n) is 1.66. The highest BCUT2D eigenvalue weighted by atomic mass is 16.5. The number of pyridine rings is 1. The second-order valence-corrected chi connectivity index (χ2v) is 4.29. The van der Waals surface area contributed by atoms with E-state index in [9.17, 15) is 0 Å². The van der Waals surface area contributed by atoms with Crippen molar-refractivity contribution in [2.45, 2.75) is 20.0 Å². The Morgan fingerprint density at radius 1 is 1.10 bits per heavy atom. The van der Waals surface area contributed by atoms with E-state index in [1.54, 1.807) is 12.3 Å². The van der Waals surface area contributed by atoms with Crippen LogP contribution in [0.3, 0.4) is 0 Å². The van der Waals surface area contributed by atoms with Crippen LogP contribution in [0.2, 0.25) is 0 Å². The molecule has 5 nitrogen and oxygen atoms in total. The van der Waals surface area contributed by atoms with Gasteiger partial charge in [-0.25, -0.2) is 0 Å². The maximum Gasteiger partial charge on any atom is 0.130 e. The molecule has 0 fully saturated rings. The monoisotopic (exact) mass is 273 g/mol. The summed E-state index contributed by atoms with van der Waals surface area (Å²) in [7, 11) is 0. The van der Waals surface area contributed by atoms with Crippen LogP contribution in [0.5, 0.6) is 11.5 Å². The fraction of sp³-hybridized carbons (Fsp3) is 0.267. The van der Waals surface area contributed by atoms with Crippen LogP contribution in [-0.4, -0.2) is 11.6 Å². The summed E-state index contributed by atoms with van der Waals surface area (Å²) in [5.41, 5.74) is 4.20. The quantitative estimate of drug-likeness (QED) is 0.599. The molecule has 20 heavy (non-hydrogen) atoms. The topological polar surface area (TPSA) is 69.4 Å². The van der Waals surface area contributed by atoms with Crippen molar-refractivity contribution < 1.29 is 9.47 Å². The largest absolute Gasteiger partial charge is 0.494 e. The van der Waals surface area contributed by atoms with Crippen LogP contribution in [0.1, 0.15) is 19.0 Å². The standard InChI is InChI=1S/C15H19N3O2/c1-2-9-19-14-3-5-15(6-4-14)20-11-13-10-12(18-16)7-8-17-13/h3-8,10H,2,9,11,16H2,1H3,(H,17,18). The molecule has 1 heterocycles. The van der Waals surface area contributed by atoms with Gasteiger partial charge in [0.1, 0.15) is 18.1 Å². The Morgan fingerprint density at radius 2 is 1.80 bits per heavy atom. The Labute approximate surface area is 118 Å². The number of nitrogen functional groups attached to an aromatic ring is 1. The van der Waals surface area contributed by atoms with Gasteiger partial charge in [0.25, 0.3) is 0 Å². The Bertz CT molecular complexity index is 529. The van der Waals surface area contributed by atoms with Gasteiger partial charge in [-0.2, -0.15) is 0 Å². The highest BCUT2D eigenvalue weighted by Crippen LogP contribution is 2.19. The van der Waals surface area contributed by atoms with Gasteiger partial charge in [0.05, 0.1) is 18.0 Å². The highest BCUT2D eigenvalue weighted by Gasteiger charge is 2.00. The van der Waals surface area contributed by atoms with Crippen LogP contribution in [0.15, 0.2) is 42.6 Å². The maximum absolute atomic E-state index is 5.66. The van der Waals surface area contributed by atoms with Crippen molar-refractivity contribution in [1.29, 1.82) is 0 Å². The molecule has 1 aromatic heterocycles. The highest BCUT2D eigenvalue weighted by molar-refractivity contribution is 5.41. The molecule has 0 unspecified atom stereocenters. The lowest BCUT2D eigenvalue weighted by Gasteiger charge is -2.08. The van der Waals surface area contributed by atoms with Gasteiger partial charge in [0.15, 0.2) is 0 Å². The normalized spacial score (nSPS) is 10.1. The number of nitrogens with two attached hydrogens (primary N) is 1. The Kier molecular flexibility index (Phi) is 5.20. The summed E-state index contributed by atoms with van der Waals surface area (Å²) < 4.78 is 11.2. The molecular formula is C15H19N3O2. The number of aromatic nitrogens is 1. The van der Waals surface area contributed by atoms with Gasteiger partial charge in [-0.05, 0) is 42.8 Å². The predicted octanol–water partition coefficient (Wildman–Crippen LogP) is 2.74. The average molecular weight is 273 g/mol. The summed E-state index contributed by atoms with van der Waals surface area (Å²) in [6, 6.07) is 11.2. The summed E-state index contributed by atoms with van der Waals surface area (Å²) in [5.74, 6) is 6.98. The molecule has 3 N–H and O–H groups in total. The van der Waals surface area contributed by atoms with E-state index in [1.807, 2.05) is 30.3 Å². The number of hydrogen-bond donors (Lipinski definition) is 2. The number of rotatable bonds is 7. The smallest absolute Gasteiger partial charge is 0.130 e. The van der Waals surface area contributed by atoms with Gasteiger partial charge in [-0.1, -0.05) is 6.92 Å². The molecule has 1 aromatic carbocycles. The van der Waals surface area contributed by atoms with Crippen molar-refractivity contribution in [1.82, 2.24) is 4.98 Å². The average Bonchev–Trinajstić information content (AvgIpc) is 2.52. The van der Waals surface area contributed by atoms with E-state index in [4.69, 9.17) is 15.3 Å². The molecule has 0 atom stereocenters. The minimum Gasteiger partial charge on any atom is -0.494 e. The van der Waals surface area contributed by atoms with E-state index in [1.165, 1.54) is 0 Å². The lowest BCUT2D eigenvalue weighted by molar-refractivity contribution is 0.297. The maximum atomic E-state index is 5.66. The third-order valence-electron chi connectivity index (χ3n) is 2.67. The summed E-state index contributed by atoms with van der Waals surface area (Å²) >= 11 is 0. The number of hydrazine groups is 1. The predicted molar refractivity (Wildman–Crippen MR) is 78.6 cm³/mol.